The van der Waals surface area contributed by atoms with Crippen molar-refractivity contribution in [3.8, 4) is 11.8 Å². The minimum Gasteiger partial charge on any atom is -0.384 e. The lowest BCUT2D eigenvalue weighted by Crippen LogP contribution is -2.35. The molecule has 1 aromatic carbocycles. The fourth-order valence-electron chi connectivity index (χ4n) is 2.18. The summed E-state index contributed by atoms with van der Waals surface area (Å²) in [7, 11) is 0. The number of hydrogen-bond acceptors (Lipinski definition) is 3. The number of carbonyl (C=O) groups is 1. The van der Waals surface area contributed by atoms with Crippen LogP contribution in [0.25, 0.3) is 0 Å². The van der Waals surface area contributed by atoms with Crippen LogP contribution in [-0.2, 0) is 16.1 Å². The molecule has 0 bridgehead atoms. The van der Waals surface area contributed by atoms with Crippen molar-refractivity contribution in [2.24, 2.45) is 5.92 Å². The largest absolute Gasteiger partial charge is 0.384 e. The van der Waals surface area contributed by atoms with Crippen molar-refractivity contribution in [1.82, 2.24) is 5.32 Å². The molecule has 0 spiro atoms. The molecule has 1 aliphatic heterocycles. The monoisotopic (exact) mass is 273 g/mol. The third-order valence-electron chi connectivity index (χ3n) is 3.24. The fourth-order valence-corrected chi connectivity index (χ4v) is 2.18. The molecule has 0 saturated carbocycles. The van der Waals surface area contributed by atoms with Crippen LogP contribution >= 0.6 is 0 Å². The van der Waals surface area contributed by atoms with E-state index in [1.807, 2.05) is 24.3 Å². The predicted octanol–water partition coefficient (Wildman–Crippen LogP) is 1.07. The third-order valence-corrected chi connectivity index (χ3v) is 3.24. The second-order valence-electron chi connectivity index (χ2n) is 4.79. The Bertz CT molecular complexity index is 510. The van der Waals surface area contributed by atoms with Gasteiger partial charge in [0.25, 0.3) is 0 Å². The van der Waals surface area contributed by atoms with Crippen molar-refractivity contribution in [2.45, 2.75) is 19.4 Å². The van der Waals surface area contributed by atoms with E-state index in [1.165, 1.54) is 0 Å². The normalized spacial score (nSPS) is 17.9. The van der Waals surface area contributed by atoms with Gasteiger partial charge < -0.3 is 15.2 Å². The van der Waals surface area contributed by atoms with Gasteiger partial charge in [0.05, 0.1) is 12.5 Å². The van der Waals surface area contributed by atoms with E-state index in [2.05, 4.69) is 17.2 Å². The van der Waals surface area contributed by atoms with Crippen LogP contribution in [0.15, 0.2) is 24.3 Å². The number of ether oxygens (including phenoxy) is 1. The van der Waals surface area contributed by atoms with Gasteiger partial charge in [0, 0.05) is 18.7 Å². The maximum Gasteiger partial charge on any atom is 0.225 e. The molecule has 20 heavy (non-hydrogen) atoms. The SMILES string of the molecule is O=C(NCc1cccc(C#CCO)c1)C1CCCOC1. The molecule has 4 nitrogen and oxygen atoms in total. The molecule has 1 saturated heterocycles. The summed E-state index contributed by atoms with van der Waals surface area (Å²) in [4.78, 5) is 12.0. The van der Waals surface area contributed by atoms with Gasteiger partial charge in [-0.15, -0.1) is 0 Å². The number of carbonyl (C=O) groups excluding carboxylic acids is 1. The van der Waals surface area contributed by atoms with Gasteiger partial charge in [-0.1, -0.05) is 24.0 Å². The third kappa shape index (κ3) is 4.37. The molecule has 1 heterocycles. The minimum absolute atomic E-state index is 0.0267. The first-order valence-corrected chi connectivity index (χ1v) is 6.83. The van der Waals surface area contributed by atoms with Gasteiger partial charge in [-0.25, -0.2) is 0 Å². The molecule has 4 heteroatoms. The lowest BCUT2D eigenvalue weighted by Gasteiger charge is -2.21. The second kappa shape index (κ2) is 7.68. The summed E-state index contributed by atoms with van der Waals surface area (Å²) in [5.74, 6) is 5.49. The number of hydrogen-bond donors (Lipinski definition) is 2. The van der Waals surface area contributed by atoms with Crippen molar-refractivity contribution in [3.63, 3.8) is 0 Å². The number of rotatable bonds is 3. The van der Waals surface area contributed by atoms with E-state index in [0.29, 0.717) is 13.2 Å². The summed E-state index contributed by atoms with van der Waals surface area (Å²) in [6, 6.07) is 7.64. The molecule has 1 fully saturated rings. The Labute approximate surface area is 119 Å². The smallest absolute Gasteiger partial charge is 0.225 e. The van der Waals surface area contributed by atoms with Crippen LogP contribution in [0.1, 0.15) is 24.0 Å². The lowest BCUT2D eigenvalue weighted by atomic mass is 10.0. The molecular weight excluding hydrogens is 254 g/mol. The molecule has 1 atom stereocenters. The zero-order valence-corrected chi connectivity index (χ0v) is 11.4. The first kappa shape index (κ1) is 14.6. The van der Waals surface area contributed by atoms with Gasteiger partial charge in [0.15, 0.2) is 0 Å². The number of aliphatic hydroxyl groups excluding tert-OH is 1. The van der Waals surface area contributed by atoms with Gasteiger partial charge in [0.1, 0.15) is 6.61 Å². The molecule has 1 unspecified atom stereocenters. The van der Waals surface area contributed by atoms with E-state index in [-0.39, 0.29) is 18.4 Å². The van der Waals surface area contributed by atoms with E-state index < -0.39 is 0 Å². The summed E-state index contributed by atoms with van der Waals surface area (Å²) in [6.45, 7) is 1.62. The zero-order chi connectivity index (χ0) is 14.2. The standard InChI is InChI=1S/C16H19NO3/c18-8-2-6-13-4-1-5-14(10-13)11-17-16(19)15-7-3-9-20-12-15/h1,4-5,10,15,18H,3,7-9,11-12H2,(H,17,19). The van der Waals surface area contributed by atoms with Crippen molar-refractivity contribution in [3.05, 3.63) is 35.4 Å². The quantitative estimate of drug-likeness (QED) is 0.810. The predicted molar refractivity (Wildman–Crippen MR) is 75.8 cm³/mol. The molecular formula is C16H19NO3. The molecule has 2 N–H and O–H groups in total. The number of amides is 1. The Morgan fingerprint density at radius 1 is 1.50 bits per heavy atom. The van der Waals surface area contributed by atoms with Crippen LogP contribution in [-0.4, -0.2) is 30.8 Å². The first-order chi connectivity index (χ1) is 9.79. The molecule has 1 amide bonds. The van der Waals surface area contributed by atoms with Gasteiger partial charge in [-0.3, -0.25) is 4.79 Å². The Morgan fingerprint density at radius 3 is 3.15 bits per heavy atom. The first-order valence-electron chi connectivity index (χ1n) is 6.83. The highest BCUT2D eigenvalue weighted by molar-refractivity contribution is 5.78. The van der Waals surface area contributed by atoms with E-state index >= 15 is 0 Å². The van der Waals surface area contributed by atoms with Crippen LogP contribution in [0, 0.1) is 17.8 Å². The van der Waals surface area contributed by atoms with E-state index in [9.17, 15) is 4.79 Å². The lowest BCUT2D eigenvalue weighted by molar-refractivity contribution is -0.129. The summed E-state index contributed by atoms with van der Waals surface area (Å²) >= 11 is 0. The van der Waals surface area contributed by atoms with Crippen molar-refractivity contribution in [1.29, 1.82) is 0 Å². The van der Waals surface area contributed by atoms with Crippen LogP contribution in [0.2, 0.25) is 0 Å². The van der Waals surface area contributed by atoms with Crippen LogP contribution < -0.4 is 5.32 Å². The average molecular weight is 273 g/mol. The molecule has 0 aliphatic carbocycles. The highest BCUT2D eigenvalue weighted by Crippen LogP contribution is 2.13. The number of aliphatic hydroxyl groups is 1. The van der Waals surface area contributed by atoms with Gasteiger partial charge >= 0.3 is 0 Å². The molecule has 1 aromatic rings. The fraction of sp³-hybridized carbons (Fsp3) is 0.438. The topological polar surface area (TPSA) is 58.6 Å². The number of benzene rings is 1. The Hall–Kier alpha value is -1.83. The molecule has 1 aliphatic rings. The average Bonchev–Trinajstić information content (AvgIpc) is 2.52. The maximum atomic E-state index is 12.0. The zero-order valence-electron chi connectivity index (χ0n) is 11.4. The minimum atomic E-state index is -0.150. The second-order valence-corrected chi connectivity index (χ2v) is 4.79. The highest BCUT2D eigenvalue weighted by Gasteiger charge is 2.21. The van der Waals surface area contributed by atoms with Gasteiger partial charge in [-0.05, 0) is 30.5 Å². The van der Waals surface area contributed by atoms with Gasteiger partial charge in [0.2, 0.25) is 5.91 Å². The van der Waals surface area contributed by atoms with E-state index in [1.54, 1.807) is 0 Å². The Balaban J connectivity index is 1.88. The Morgan fingerprint density at radius 2 is 2.40 bits per heavy atom. The molecule has 106 valence electrons. The summed E-state index contributed by atoms with van der Waals surface area (Å²) in [5.41, 5.74) is 1.84. The summed E-state index contributed by atoms with van der Waals surface area (Å²) in [6.07, 6.45) is 1.85. The van der Waals surface area contributed by atoms with Crippen LogP contribution in [0.4, 0.5) is 0 Å². The van der Waals surface area contributed by atoms with E-state index in [0.717, 1.165) is 30.6 Å². The molecule has 2 rings (SSSR count). The number of nitrogens with one attached hydrogen (secondary N) is 1. The molecule has 0 radical (unpaired) electrons. The van der Waals surface area contributed by atoms with Gasteiger partial charge in [-0.2, -0.15) is 0 Å². The van der Waals surface area contributed by atoms with Crippen molar-refractivity contribution >= 4 is 5.91 Å². The molecule has 0 aromatic heterocycles. The van der Waals surface area contributed by atoms with Crippen LogP contribution in [0.5, 0.6) is 0 Å². The Kier molecular flexibility index (Phi) is 5.60. The maximum absolute atomic E-state index is 12.0. The van der Waals surface area contributed by atoms with Crippen LogP contribution in [0.3, 0.4) is 0 Å². The van der Waals surface area contributed by atoms with Crippen molar-refractivity contribution < 1.29 is 14.6 Å². The summed E-state index contributed by atoms with van der Waals surface area (Å²) < 4.78 is 5.32. The van der Waals surface area contributed by atoms with Crippen molar-refractivity contribution in [2.75, 3.05) is 19.8 Å². The summed E-state index contributed by atoms with van der Waals surface area (Å²) in [5, 5.41) is 11.6. The highest BCUT2D eigenvalue weighted by atomic mass is 16.5. The van der Waals surface area contributed by atoms with E-state index in [4.69, 9.17) is 9.84 Å².